The highest BCUT2D eigenvalue weighted by Crippen LogP contribution is 2.27. The molecule has 0 radical (unpaired) electrons. The van der Waals surface area contributed by atoms with Gasteiger partial charge in [-0.3, -0.25) is 4.79 Å². The molecule has 0 heterocycles. The van der Waals surface area contributed by atoms with E-state index in [1.807, 2.05) is 24.3 Å². The molecule has 0 aliphatic rings. The van der Waals surface area contributed by atoms with Crippen molar-refractivity contribution in [2.45, 2.75) is 19.8 Å². The highest BCUT2D eigenvalue weighted by Gasteiger charge is 2.14. The van der Waals surface area contributed by atoms with E-state index in [0.29, 0.717) is 23.1 Å². The van der Waals surface area contributed by atoms with Gasteiger partial charge in [0.25, 0.3) is 5.91 Å². The van der Waals surface area contributed by atoms with Crippen LogP contribution in [0, 0.1) is 0 Å². The zero-order valence-electron chi connectivity index (χ0n) is 15.4. The highest BCUT2D eigenvalue weighted by molar-refractivity contribution is 5.95. The van der Waals surface area contributed by atoms with Gasteiger partial charge in [0.15, 0.2) is 18.1 Å². The van der Waals surface area contributed by atoms with Crippen LogP contribution >= 0.6 is 0 Å². The monoisotopic (exact) mass is 357 g/mol. The predicted molar refractivity (Wildman–Crippen MR) is 99.0 cm³/mol. The molecule has 6 nitrogen and oxygen atoms in total. The van der Waals surface area contributed by atoms with E-state index in [9.17, 15) is 9.59 Å². The molecular weight excluding hydrogens is 334 g/mol. The van der Waals surface area contributed by atoms with Crippen LogP contribution in [-0.4, -0.2) is 32.7 Å². The average molecular weight is 357 g/mol. The Kier molecular flexibility index (Phi) is 6.60. The van der Waals surface area contributed by atoms with E-state index in [2.05, 4.69) is 19.2 Å². The van der Waals surface area contributed by atoms with E-state index >= 15 is 0 Å². The number of carbonyl (C=O) groups is 2. The molecule has 138 valence electrons. The largest absolute Gasteiger partial charge is 0.493 e. The zero-order valence-corrected chi connectivity index (χ0v) is 15.4. The standard InChI is InChI=1S/C20H23NO5/c1-13(2)14-5-8-16(9-6-14)21-19(22)12-26-20(23)15-7-10-17(24-3)18(11-15)25-4/h5-11,13H,12H2,1-4H3,(H,21,22). The molecule has 0 saturated heterocycles. The fourth-order valence-electron chi connectivity index (χ4n) is 2.33. The molecule has 1 N–H and O–H groups in total. The third-order valence-corrected chi connectivity index (χ3v) is 3.81. The second-order valence-electron chi connectivity index (χ2n) is 5.97. The number of anilines is 1. The third kappa shape index (κ3) is 4.99. The van der Waals surface area contributed by atoms with Crippen molar-refractivity contribution in [3.05, 3.63) is 53.6 Å². The van der Waals surface area contributed by atoms with Crippen LogP contribution in [0.2, 0.25) is 0 Å². The van der Waals surface area contributed by atoms with Crippen molar-refractivity contribution in [1.29, 1.82) is 0 Å². The van der Waals surface area contributed by atoms with E-state index in [1.54, 1.807) is 12.1 Å². The number of rotatable bonds is 7. The summed E-state index contributed by atoms with van der Waals surface area (Å²) in [6.45, 7) is 3.82. The van der Waals surface area contributed by atoms with Crippen molar-refractivity contribution in [3.63, 3.8) is 0 Å². The Hall–Kier alpha value is -3.02. The quantitative estimate of drug-likeness (QED) is 0.766. The van der Waals surface area contributed by atoms with Gasteiger partial charge in [-0.25, -0.2) is 4.79 Å². The van der Waals surface area contributed by atoms with Crippen molar-refractivity contribution < 1.29 is 23.8 Å². The highest BCUT2D eigenvalue weighted by atomic mass is 16.5. The number of nitrogens with one attached hydrogen (secondary N) is 1. The Labute approximate surface area is 153 Å². The number of amides is 1. The second kappa shape index (κ2) is 8.89. The number of carbonyl (C=O) groups excluding carboxylic acids is 2. The van der Waals surface area contributed by atoms with E-state index in [1.165, 1.54) is 25.8 Å². The lowest BCUT2D eigenvalue weighted by molar-refractivity contribution is -0.119. The number of hydrogen-bond donors (Lipinski definition) is 1. The van der Waals surface area contributed by atoms with Crippen molar-refractivity contribution in [2.75, 3.05) is 26.1 Å². The van der Waals surface area contributed by atoms with Crippen LogP contribution in [-0.2, 0) is 9.53 Å². The Morgan fingerprint density at radius 2 is 1.62 bits per heavy atom. The molecular formula is C20H23NO5. The number of ether oxygens (including phenoxy) is 3. The summed E-state index contributed by atoms with van der Waals surface area (Å²) >= 11 is 0. The zero-order chi connectivity index (χ0) is 19.1. The average Bonchev–Trinajstić information content (AvgIpc) is 2.65. The second-order valence-corrected chi connectivity index (χ2v) is 5.97. The summed E-state index contributed by atoms with van der Waals surface area (Å²) in [7, 11) is 2.98. The van der Waals surface area contributed by atoms with Crippen LogP contribution in [0.5, 0.6) is 11.5 Å². The van der Waals surface area contributed by atoms with Gasteiger partial charge in [0.2, 0.25) is 0 Å². The summed E-state index contributed by atoms with van der Waals surface area (Å²) in [5.74, 6) is 0.317. The lowest BCUT2D eigenvalue weighted by Crippen LogP contribution is -2.21. The molecule has 0 aliphatic carbocycles. The summed E-state index contributed by atoms with van der Waals surface area (Å²) in [6, 6.07) is 12.2. The molecule has 2 aromatic carbocycles. The summed E-state index contributed by atoms with van der Waals surface area (Å²) < 4.78 is 15.3. The van der Waals surface area contributed by atoms with Gasteiger partial charge in [0.05, 0.1) is 19.8 Å². The van der Waals surface area contributed by atoms with Crippen molar-refractivity contribution >= 4 is 17.6 Å². The fourth-order valence-corrected chi connectivity index (χ4v) is 2.33. The molecule has 6 heteroatoms. The van der Waals surface area contributed by atoms with Crippen LogP contribution in [0.25, 0.3) is 0 Å². The van der Waals surface area contributed by atoms with Gasteiger partial charge >= 0.3 is 5.97 Å². The first kappa shape index (κ1) is 19.3. The Balaban J connectivity index is 1.91. The van der Waals surface area contributed by atoms with Crippen molar-refractivity contribution in [1.82, 2.24) is 0 Å². The summed E-state index contributed by atoms with van der Waals surface area (Å²) in [4.78, 5) is 24.0. The lowest BCUT2D eigenvalue weighted by atomic mass is 10.0. The van der Waals surface area contributed by atoms with E-state index in [4.69, 9.17) is 14.2 Å². The van der Waals surface area contributed by atoms with Gasteiger partial charge < -0.3 is 19.5 Å². The molecule has 0 bridgehead atoms. The van der Waals surface area contributed by atoms with Crippen LogP contribution < -0.4 is 14.8 Å². The molecule has 0 aliphatic heterocycles. The van der Waals surface area contributed by atoms with Crippen LogP contribution in [0.4, 0.5) is 5.69 Å². The topological polar surface area (TPSA) is 73.9 Å². The molecule has 0 atom stereocenters. The van der Waals surface area contributed by atoms with Crippen LogP contribution in [0.1, 0.15) is 35.7 Å². The Bertz CT molecular complexity index is 768. The molecule has 0 fully saturated rings. The molecule has 2 rings (SSSR count). The maximum Gasteiger partial charge on any atom is 0.338 e. The molecule has 1 amide bonds. The SMILES string of the molecule is COc1ccc(C(=O)OCC(=O)Nc2ccc(C(C)C)cc2)cc1OC. The minimum atomic E-state index is -0.615. The predicted octanol–water partition coefficient (Wildman–Crippen LogP) is 3.62. The van der Waals surface area contributed by atoms with Crippen molar-refractivity contribution in [3.8, 4) is 11.5 Å². The molecule has 0 saturated carbocycles. The minimum Gasteiger partial charge on any atom is -0.493 e. The number of hydrogen-bond acceptors (Lipinski definition) is 5. The maximum absolute atomic E-state index is 12.1. The number of esters is 1. The van der Waals surface area contributed by atoms with E-state index < -0.39 is 11.9 Å². The molecule has 0 aromatic heterocycles. The Morgan fingerprint density at radius 1 is 0.962 bits per heavy atom. The van der Waals surface area contributed by atoms with Gasteiger partial charge in [-0.15, -0.1) is 0 Å². The van der Waals surface area contributed by atoms with Gasteiger partial charge in [-0.1, -0.05) is 26.0 Å². The van der Waals surface area contributed by atoms with Gasteiger partial charge in [0.1, 0.15) is 0 Å². The summed E-state index contributed by atoms with van der Waals surface area (Å²) in [5.41, 5.74) is 2.11. The smallest absolute Gasteiger partial charge is 0.338 e. The Morgan fingerprint density at radius 3 is 2.19 bits per heavy atom. The first-order valence-electron chi connectivity index (χ1n) is 8.23. The van der Waals surface area contributed by atoms with Gasteiger partial charge in [-0.2, -0.15) is 0 Å². The molecule has 0 spiro atoms. The molecule has 0 unspecified atom stereocenters. The minimum absolute atomic E-state index is 0.275. The summed E-state index contributed by atoms with van der Waals surface area (Å²) in [6.07, 6.45) is 0. The fraction of sp³-hybridized carbons (Fsp3) is 0.300. The van der Waals surface area contributed by atoms with Crippen LogP contribution in [0.15, 0.2) is 42.5 Å². The molecule has 2 aromatic rings. The lowest BCUT2D eigenvalue weighted by Gasteiger charge is -2.10. The van der Waals surface area contributed by atoms with E-state index in [-0.39, 0.29) is 12.2 Å². The number of methoxy groups -OCH3 is 2. The third-order valence-electron chi connectivity index (χ3n) is 3.81. The number of benzene rings is 2. The van der Waals surface area contributed by atoms with Gasteiger partial charge in [0, 0.05) is 5.69 Å². The van der Waals surface area contributed by atoms with Crippen LogP contribution in [0.3, 0.4) is 0 Å². The van der Waals surface area contributed by atoms with Crippen molar-refractivity contribution in [2.24, 2.45) is 0 Å². The summed E-state index contributed by atoms with van der Waals surface area (Å²) in [5, 5.41) is 2.69. The van der Waals surface area contributed by atoms with Gasteiger partial charge in [-0.05, 0) is 41.8 Å². The maximum atomic E-state index is 12.1. The first-order chi connectivity index (χ1) is 12.4. The van der Waals surface area contributed by atoms with E-state index in [0.717, 1.165) is 0 Å². The molecule has 26 heavy (non-hydrogen) atoms. The first-order valence-corrected chi connectivity index (χ1v) is 8.23. The normalized spacial score (nSPS) is 10.3.